The van der Waals surface area contributed by atoms with Gasteiger partial charge in [-0.25, -0.2) is 0 Å². The largest absolute Gasteiger partial charge is 0.357 e. The molecule has 0 bridgehead atoms. The summed E-state index contributed by atoms with van der Waals surface area (Å²) in [7, 11) is 0. The Morgan fingerprint density at radius 2 is 1.82 bits per heavy atom. The van der Waals surface area contributed by atoms with E-state index in [-0.39, 0.29) is 0 Å². The first-order valence-corrected chi connectivity index (χ1v) is 4.51. The molecule has 0 spiro atoms. The fraction of sp³-hybridized carbons (Fsp3) is 1.00. The summed E-state index contributed by atoms with van der Waals surface area (Å²) in [4.78, 5) is 0. The molecule has 68 valence electrons. The van der Waals surface area contributed by atoms with Gasteiger partial charge in [-0.3, -0.25) is 0 Å². The summed E-state index contributed by atoms with van der Waals surface area (Å²) in [6.45, 7) is 4.41. The van der Waals surface area contributed by atoms with E-state index in [0.717, 1.165) is 0 Å². The second-order valence-corrected chi connectivity index (χ2v) is 3.48. The maximum atomic E-state index is 5.65. The van der Waals surface area contributed by atoms with Gasteiger partial charge in [0, 0.05) is 13.2 Å². The number of halogens is 3. The van der Waals surface area contributed by atoms with E-state index in [2.05, 4.69) is 0 Å². The van der Waals surface area contributed by atoms with Crippen LogP contribution in [0.1, 0.15) is 13.8 Å². The fourth-order valence-corrected chi connectivity index (χ4v) is 1.03. The van der Waals surface area contributed by atoms with Gasteiger partial charge in [-0.1, -0.05) is 34.8 Å². The van der Waals surface area contributed by atoms with Crippen LogP contribution in [-0.4, -0.2) is 23.3 Å². The van der Waals surface area contributed by atoms with Crippen molar-refractivity contribution in [3.63, 3.8) is 0 Å². The van der Waals surface area contributed by atoms with Crippen molar-refractivity contribution in [3.05, 3.63) is 0 Å². The quantitative estimate of drug-likeness (QED) is 0.665. The summed E-state index contributed by atoms with van der Waals surface area (Å²) < 4.78 is 8.40. The normalized spacial score (nSPS) is 15.0. The van der Waals surface area contributed by atoms with Gasteiger partial charge < -0.3 is 9.47 Å². The monoisotopic (exact) mass is 220 g/mol. The van der Waals surface area contributed by atoms with E-state index in [1.165, 1.54) is 0 Å². The molecular formula is C6H11Cl3O2. The van der Waals surface area contributed by atoms with Gasteiger partial charge in [-0.2, -0.15) is 0 Å². The van der Waals surface area contributed by atoms with Crippen LogP contribution >= 0.6 is 34.8 Å². The van der Waals surface area contributed by atoms with Crippen LogP contribution in [0.15, 0.2) is 0 Å². The zero-order valence-electron chi connectivity index (χ0n) is 6.44. The summed E-state index contributed by atoms with van der Waals surface area (Å²) in [6.07, 6.45) is 0. The molecule has 0 radical (unpaired) electrons. The van der Waals surface area contributed by atoms with Crippen LogP contribution in [0.25, 0.3) is 0 Å². The van der Waals surface area contributed by atoms with E-state index in [4.69, 9.17) is 44.3 Å². The van der Waals surface area contributed by atoms with Gasteiger partial charge >= 0.3 is 0 Å². The Morgan fingerprint density at radius 1 is 1.27 bits per heavy atom. The van der Waals surface area contributed by atoms with Gasteiger partial charge in [0.15, 0.2) is 5.56 Å². The molecule has 0 aromatic heterocycles. The van der Waals surface area contributed by atoms with Crippen molar-refractivity contribution in [1.29, 1.82) is 0 Å². The van der Waals surface area contributed by atoms with Crippen molar-refractivity contribution in [3.8, 4) is 0 Å². The predicted octanol–water partition coefficient (Wildman–Crippen LogP) is 2.76. The highest BCUT2D eigenvalue weighted by molar-refractivity contribution is 6.50. The third kappa shape index (κ3) is 4.38. The Balaban J connectivity index is 3.83. The Kier molecular flexibility index (Phi) is 5.83. The Hall–Kier alpha value is 0.790. The second kappa shape index (κ2) is 5.44. The molecule has 0 N–H and O–H groups in total. The number of alkyl halides is 3. The number of rotatable bonds is 5. The minimum absolute atomic E-state index is 0.392. The molecule has 0 amide bonds. The lowest BCUT2D eigenvalue weighted by molar-refractivity contribution is -0.0109. The van der Waals surface area contributed by atoms with E-state index in [1.54, 1.807) is 13.8 Å². The topological polar surface area (TPSA) is 18.5 Å². The van der Waals surface area contributed by atoms with Crippen molar-refractivity contribution in [2.75, 3.05) is 13.2 Å². The van der Waals surface area contributed by atoms with Crippen LogP contribution in [0, 0.1) is 0 Å². The minimum atomic E-state index is -1.45. The first kappa shape index (κ1) is 11.8. The molecule has 0 saturated heterocycles. The maximum Gasteiger partial charge on any atom is 0.258 e. The Labute approximate surface area is 81.7 Å². The van der Waals surface area contributed by atoms with Crippen LogP contribution in [0.2, 0.25) is 0 Å². The van der Waals surface area contributed by atoms with E-state index in [0.29, 0.717) is 13.2 Å². The van der Waals surface area contributed by atoms with Crippen molar-refractivity contribution < 1.29 is 9.47 Å². The van der Waals surface area contributed by atoms with Gasteiger partial charge in [-0.05, 0) is 13.8 Å². The molecule has 2 nitrogen and oxygen atoms in total. The molecule has 0 fully saturated rings. The lowest BCUT2D eigenvalue weighted by Gasteiger charge is -2.23. The molecule has 0 aromatic rings. The third-order valence-electron chi connectivity index (χ3n) is 0.914. The molecule has 0 aliphatic heterocycles. The van der Waals surface area contributed by atoms with Gasteiger partial charge in [0.25, 0.3) is 4.52 Å². The first-order chi connectivity index (χ1) is 5.04. The zero-order chi connectivity index (χ0) is 8.91. The van der Waals surface area contributed by atoms with Gasteiger partial charge in [0.1, 0.15) is 0 Å². The summed E-state index contributed by atoms with van der Waals surface area (Å²) >= 11 is 16.9. The summed E-state index contributed by atoms with van der Waals surface area (Å²) in [5.41, 5.74) is -0.837. The summed E-state index contributed by atoms with van der Waals surface area (Å²) in [5, 5.41) is 0. The van der Waals surface area contributed by atoms with Crippen molar-refractivity contribution in [2.45, 2.75) is 23.9 Å². The molecule has 0 aromatic carbocycles. The summed E-state index contributed by atoms with van der Waals surface area (Å²) in [5.74, 6) is 0. The molecule has 5 heteroatoms. The highest BCUT2D eigenvalue weighted by Crippen LogP contribution is 2.31. The number of hydrogen-bond acceptors (Lipinski definition) is 2. The number of ether oxygens (including phenoxy) is 2. The average Bonchev–Trinajstić information content (AvgIpc) is 1.88. The van der Waals surface area contributed by atoms with E-state index in [9.17, 15) is 0 Å². The molecule has 0 saturated carbocycles. The highest BCUT2D eigenvalue weighted by Gasteiger charge is 2.34. The van der Waals surface area contributed by atoms with Crippen molar-refractivity contribution in [1.82, 2.24) is 0 Å². The van der Waals surface area contributed by atoms with E-state index in [1.807, 2.05) is 0 Å². The third-order valence-corrected chi connectivity index (χ3v) is 2.19. The first-order valence-electron chi connectivity index (χ1n) is 3.32. The second-order valence-electron chi connectivity index (χ2n) is 1.77. The van der Waals surface area contributed by atoms with Crippen molar-refractivity contribution in [2.24, 2.45) is 0 Å². The molecule has 11 heavy (non-hydrogen) atoms. The van der Waals surface area contributed by atoms with Crippen LogP contribution in [0.3, 0.4) is 0 Å². The Morgan fingerprint density at radius 3 is 2.18 bits per heavy atom. The minimum Gasteiger partial charge on any atom is -0.357 e. The molecule has 0 rings (SSSR count). The van der Waals surface area contributed by atoms with E-state index < -0.39 is 10.1 Å². The smallest absolute Gasteiger partial charge is 0.258 e. The molecule has 1 atom stereocenters. The SMILES string of the molecule is CCOC(Cl)C(Cl)(Cl)OCC. The average molecular weight is 222 g/mol. The Bertz CT molecular complexity index is 108. The molecular weight excluding hydrogens is 210 g/mol. The molecule has 1 unspecified atom stereocenters. The van der Waals surface area contributed by atoms with Crippen LogP contribution in [0.5, 0.6) is 0 Å². The molecule has 0 aliphatic rings. The van der Waals surface area contributed by atoms with E-state index >= 15 is 0 Å². The number of hydrogen-bond donors (Lipinski definition) is 0. The standard InChI is InChI=1S/C6H11Cl3O2/c1-3-10-5(7)6(8,9)11-4-2/h5H,3-4H2,1-2H3. The maximum absolute atomic E-state index is 5.65. The van der Waals surface area contributed by atoms with Crippen LogP contribution in [-0.2, 0) is 9.47 Å². The lowest BCUT2D eigenvalue weighted by atomic mass is 10.7. The van der Waals surface area contributed by atoms with Crippen LogP contribution < -0.4 is 0 Å². The summed E-state index contributed by atoms with van der Waals surface area (Å²) in [6, 6.07) is 0. The van der Waals surface area contributed by atoms with Crippen LogP contribution in [0.4, 0.5) is 0 Å². The van der Waals surface area contributed by atoms with Gasteiger partial charge in [0.2, 0.25) is 0 Å². The van der Waals surface area contributed by atoms with Gasteiger partial charge in [-0.15, -0.1) is 0 Å². The predicted molar refractivity (Wildman–Crippen MR) is 47.3 cm³/mol. The highest BCUT2D eigenvalue weighted by atomic mass is 35.5. The van der Waals surface area contributed by atoms with Crippen molar-refractivity contribution >= 4 is 34.8 Å². The van der Waals surface area contributed by atoms with Gasteiger partial charge in [0.05, 0.1) is 0 Å². The fourth-order valence-electron chi connectivity index (χ4n) is 0.501. The molecule has 0 aliphatic carbocycles. The molecule has 0 heterocycles. The lowest BCUT2D eigenvalue weighted by Crippen LogP contribution is -2.32. The zero-order valence-corrected chi connectivity index (χ0v) is 8.71.